The van der Waals surface area contributed by atoms with Crippen molar-refractivity contribution in [1.82, 2.24) is 0 Å². The Hall–Kier alpha value is -2.94. The van der Waals surface area contributed by atoms with Crippen LogP contribution in [0.4, 0.5) is 5.69 Å². The fourth-order valence-electron chi connectivity index (χ4n) is 3.61. The van der Waals surface area contributed by atoms with Crippen molar-refractivity contribution in [3.8, 4) is 0 Å². The zero-order valence-corrected chi connectivity index (χ0v) is 15.6. The van der Waals surface area contributed by atoms with E-state index in [9.17, 15) is 10.1 Å². The number of nitrogens with zero attached hydrogens (tertiary/aromatic N) is 1. The Morgan fingerprint density at radius 1 is 0.731 bits per heavy atom. The highest BCUT2D eigenvalue weighted by atomic mass is 16.6. The second kappa shape index (κ2) is 7.12. The molecule has 0 fully saturated rings. The van der Waals surface area contributed by atoms with Gasteiger partial charge in [0.05, 0.1) is 4.92 Å². The summed E-state index contributed by atoms with van der Waals surface area (Å²) >= 11 is 0. The molecule has 3 aromatic rings. The maximum Gasteiger partial charge on any atom is 0.269 e. The second-order valence-electron chi connectivity index (χ2n) is 7.00. The van der Waals surface area contributed by atoms with Crippen molar-refractivity contribution in [2.45, 2.75) is 33.6 Å². The Bertz CT molecular complexity index is 907. The average Bonchev–Trinajstić information content (AvgIpc) is 2.59. The first-order chi connectivity index (χ1) is 12.4. The molecule has 3 aromatic carbocycles. The van der Waals surface area contributed by atoms with E-state index in [1.54, 1.807) is 12.1 Å². The lowest BCUT2D eigenvalue weighted by Gasteiger charge is -2.23. The third-order valence-corrected chi connectivity index (χ3v) is 4.91. The van der Waals surface area contributed by atoms with E-state index in [2.05, 4.69) is 64.1 Å². The van der Waals surface area contributed by atoms with Crippen LogP contribution in [0.1, 0.15) is 44.9 Å². The van der Waals surface area contributed by atoms with Crippen LogP contribution in [-0.2, 0) is 0 Å². The number of nitro benzene ring substituents is 1. The molecule has 0 saturated carbocycles. The van der Waals surface area contributed by atoms with E-state index in [0.29, 0.717) is 0 Å². The summed E-state index contributed by atoms with van der Waals surface area (Å²) in [6.45, 7) is 8.44. The minimum Gasteiger partial charge on any atom is -0.258 e. The van der Waals surface area contributed by atoms with Crippen molar-refractivity contribution in [2.75, 3.05) is 0 Å². The second-order valence-corrected chi connectivity index (χ2v) is 7.00. The standard InChI is InChI=1S/C23H23NO2/c1-15-5-11-21(17(3)13-15)23(22-12-6-16(2)14-18(22)4)19-7-9-20(10-8-19)24(25)26/h5-14,23H,1-4H3. The summed E-state index contributed by atoms with van der Waals surface area (Å²) < 4.78 is 0. The van der Waals surface area contributed by atoms with E-state index < -0.39 is 0 Å². The summed E-state index contributed by atoms with van der Waals surface area (Å²) in [5.41, 5.74) is 8.57. The molecule has 3 nitrogen and oxygen atoms in total. The lowest BCUT2D eigenvalue weighted by molar-refractivity contribution is -0.384. The summed E-state index contributed by atoms with van der Waals surface area (Å²) in [6, 6.07) is 19.9. The Balaban J connectivity index is 2.20. The van der Waals surface area contributed by atoms with E-state index in [0.717, 1.165) is 5.56 Å². The van der Waals surface area contributed by atoms with Crippen LogP contribution in [0, 0.1) is 37.8 Å². The summed E-state index contributed by atoms with van der Waals surface area (Å²) in [5.74, 6) is 0.0528. The molecule has 0 amide bonds. The van der Waals surface area contributed by atoms with Crippen molar-refractivity contribution in [2.24, 2.45) is 0 Å². The molecule has 0 N–H and O–H groups in total. The number of benzene rings is 3. The van der Waals surface area contributed by atoms with Gasteiger partial charge in [-0.1, -0.05) is 59.7 Å². The molecule has 0 atom stereocenters. The Morgan fingerprint density at radius 3 is 1.58 bits per heavy atom. The highest BCUT2D eigenvalue weighted by Gasteiger charge is 2.21. The number of rotatable bonds is 4. The molecule has 0 aromatic heterocycles. The lowest BCUT2D eigenvalue weighted by atomic mass is 9.80. The van der Waals surface area contributed by atoms with Gasteiger partial charge in [-0.05, 0) is 55.5 Å². The van der Waals surface area contributed by atoms with Gasteiger partial charge < -0.3 is 0 Å². The highest BCUT2D eigenvalue weighted by molar-refractivity contribution is 5.51. The van der Waals surface area contributed by atoms with Crippen molar-refractivity contribution in [1.29, 1.82) is 0 Å². The Kier molecular flexibility index (Phi) is 4.90. The molecule has 3 heteroatoms. The Morgan fingerprint density at radius 2 is 1.19 bits per heavy atom. The molecule has 26 heavy (non-hydrogen) atoms. The molecular formula is C23H23NO2. The van der Waals surface area contributed by atoms with Crippen LogP contribution in [0.2, 0.25) is 0 Å². The number of hydrogen-bond donors (Lipinski definition) is 0. The number of non-ortho nitro benzene ring substituents is 1. The minimum atomic E-state index is -0.354. The fraction of sp³-hybridized carbons (Fsp3) is 0.217. The monoisotopic (exact) mass is 345 g/mol. The summed E-state index contributed by atoms with van der Waals surface area (Å²) in [5, 5.41) is 11.0. The molecule has 0 saturated heterocycles. The van der Waals surface area contributed by atoms with E-state index in [4.69, 9.17) is 0 Å². The molecule has 0 spiro atoms. The first-order valence-electron chi connectivity index (χ1n) is 8.75. The minimum absolute atomic E-state index is 0.0528. The molecule has 0 bridgehead atoms. The quantitative estimate of drug-likeness (QED) is 0.330. The summed E-state index contributed by atoms with van der Waals surface area (Å²) in [6.07, 6.45) is 0. The third kappa shape index (κ3) is 3.52. The lowest BCUT2D eigenvalue weighted by Crippen LogP contribution is -2.08. The number of nitro groups is 1. The van der Waals surface area contributed by atoms with Gasteiger partial charge in [0.2, 0.25) is 0 Å². The van der Waals surface area contributed by atoms with Gasteiger partial charge >= 0.3 is 0 Å². The van der Waals surface area contributed by atoms with Gasteiger partial charge in [-0.25, -0.2) is 0 Å². The maximum absolute atomic E-state index is 11.0. The first kappa shape index (κ1) is 17.9. The molecule has 0 aliphatic heterocycles. The van der Waals surface area contributed by atoms with Gasteiger partial charge in [0.15, 0.2) is 0 Å². The molecule has 3 rings (SSSR count). The van der Waals surface area contributed by atoms with Crippen LogP contribution in [-0.4, -0.2) is 4.92 Å². The van der Waals surface area contributed by atoms with Crippen LogP contribution < -0.4 is 0 Å². The summed E-state index contributed by atoms with van der Waals surface area (Å²) in [4.78, 5) is 10.7. The number of hydrogen-bond acceptors (Lipinski definition) is 2. The maximum atomic E-state index is 11.0. The molecule has 0 unspecified atom stereocenters. The number of aryl methyl sites for hydroxylation is 4. The van der Waals surface area contributed by atoms with Crippen molar-refractivity contribution in [3.05, 3.63) is 110 Å². The van der Waals surface area contributed by atoms with Gasteiger partial charge in [-0.3, -0.25) is 10.1 Å². The molecule has 0 radical (unpaired) electrons. The van der Waals surface area contributed by atoms with Gasteiger partial charge in [-0.15, -0.1) is 0 Å². The largest absolute Gasteiger partial charge is 0.269 e. The van der Waals surface area contributed by atoms with E-state index in [1.807, 2.05) is 12.1 Å². The van der Waals surface area contributed by atoms with E-state index in [1.165, 1.54) is 33.4 Å². The van der Waals surface area contributed by atoms with Crippen LogP contribution in [0.5, 0.6) is 0 Å². The van der Waals surface area contributed by atoms with Crippen molar-refractivity contribution >= 4 is 5.69 Å². The normalized spacial score (nSPS) is 11.0. The fourth-order valence-corrected chi connectivity index (χ4v) is 3.61. The molecule has 0 aliphatic rings. The molecular weight excluding hydrogens is 322 g/mol. The molecule has 132 valence electrons. The van der Waals surface area contributed by atoms with Gasteiger partial charge in [0, 0.05) is 18.1 Å². The van der Waals surface area contributed by atoms with Crippen molar-refractivity contribution < 1.29 is 4.92 Å². The zero-order valence-electron chi connectivity index (χ0n) is 15.6. The van der Waals surface area contributed by atoms with Crippen LogP contribution >= 0.6 is 0 Å². The molecule has 0 aliphatic carbocycles. The Labute approximate surface area is 154 Å². The van der Waals surface area contributed by atoms with Gasteiger partial charge in [0.25, 0.3) is 5.69 Å². The smallest absolute Gasteiger partial charge is 0.258 e. The predicted octanol–water partition coefficient (Wildman–Crippen LogP) is 6.01. The zero-order chi connectivity index (χ0) is 18.8. The van der Waals surface area contributed by atoms with E-state index in [-0.39, 0.29) is 16.5 Å². The SMILES string of the molecule is Cc1ccc(C(c2ccc([N+](=O)[O-])cc2)c2ccc(C)cc2C)c(C)c1. The van der Waals surface area contributed by atoms with Gasteiger partial charge in [-0.2, -0.15) is 0 Å². The van der Waals surface area contributed by atoms with Crippen LogP contribution in [0.25, 0.3) is 0 Å². The topological polar surface area (TPSA) is 43.1 Å². The first-order valence-corrected chi connectivity index (χ1v) is 8.75. The summed E-state index contributed by atoms with van der Waals surface area (Å²) in [7, 11) is 0. The molecule has 0 heterocycles. The average molecular weight is 345 g/mol. The van der Waals surface area contributed by atoms with Crippen LogP contribution in [0.15, 0.2) is 60.7 Å². The van der Waals surface area contributed by atoms with Gasteiger partial charge in [0.1, 0.15) is 0 Å². The van der Waals surface area contributed by atoms with Crippen LogP contribution in [0.3, 0.4) is 0 Å². The highest BCUT2D eigenvalue weighted by Crippen LogP contribution is 2.36. The van der Waals surface area contributed by atoms with E-state index >= 15 is 0 Å². The third-order valence-electron chi connectivity index (χ3n) is 4.91. The predicted molar refractivity (Wildman–Crippen MR) is 106 cm³/mol. The van der Waals surface area contributed by atoms with Crippen molar-refractivity contribution in [3.63, 3.8) is 0 Å².